The minimum absolute atomic E-state index is 0.126. The lowest BCUT2D eigenvalue weighted by Crippen LogP contribution is -2.22. The number of nitrogens with zero attached hydrogens (tertiary/aromatic N) is 1. The van der Waals surface area contributed by atoms with Crippen molar-refractivity contribution in [3.05, 3.63) is 59.7 Å². The Kier molecular flexibility index (Phi) is 8.87. The van der Waals surface area contributed by atoms with Gasteiger partial charge in [0, 0.05) is 25.3 Å². The van der Waals surface area contributed by atoms with Crippen LogP contribution in [-0.2, 0) is 9.53 Å². The highest BCUT2D eigenvalue weighted by Gasteiger charge is 2.12. The first-order valence-corrected chi connectivity index (χ1v) is 9.92. The number of benzene rings is 2. The minimum Gasteiger partial charge on any atom is -0.494 e. The third kappa shape index (κ3) is 7.24. The van der Waals surface area contributed by atoms with Crippen LogP contribution >= 0.6 is 0 Å². The van der Waals surface area contributed by atoms with Crippen LogP contribution in [0.2, 0.25) is 0 Å². The van der Waals surface area contributed by atoms with Gasteiger partial charge >= 0.3 is 5.97 Å². The number of amides is 2. The number of ether oxygens (including phenoxy) is 2. The predicted molar refractivity (Wildman–Crippen MR) is 115 cm³/mol. The Morgan fingerprint density at radius 3 is 2.13 bits per heavy atom. The van der Waals surface area contributed by atoms with Gasteiger partial charge in [-0.1, -0.05) is 19.8 Å². The van der Waals surface area contributed by atoms with Gasteiger partial charge in [-0.15, -0.1) is 0 Å². The first kappa shape index (κ1) is 22.9. The SMILES string of the molecule is CCCCCOc1ccc(C(=O)OCC(=O)Nc2ccc(C(=O)N(C)C)cc2)cc1. The van der Waals surface area contributed by atoms with Crippen LogP contribution in [0.15, 0.2) is 48.5 Å². The Morgan fingerprint density at radius 1 is 0.900 bits per heavy atom. The summed E-state index contributed by atoms with van der Waals surface area (Å²) in [5.74, 6) is -0.490. The number of carbonyl (C=O) groups is 3. The maximum Gasteiger partial charge on any atom is 0.338 e. The maximum absolute atomic E-state index is 12.1. The fourth-order valence-corrected chi connectivity index (χ4v) is 2.60. The largest absolute Gasteiger partial charge is 0.494 e. The maximum atomic E-state index is 12.1. The van der Waals surface area contributed by atoms with E-state index >= 15 is 0 Å². The van der Waals surface area contributed by atoms with E-state index in [4.69, 9.17) is 9.47 Å². The monoisotopic (exact) mass is 412 g/mol. The number of carbonyl (C=O) groups excluding carboxylic acids is 3. The number of anilines is 1. The van der Waals surface area contributed by atoms with Gasteiger partial charge in [0.2, 0.25) is 0 Å². The molecule has 0 bridgehead atoms. The van der Waals surface area contributed by atoms with Crippen molar-refractivity contribution in [3.63, 3.8) is 0 Å². The normalized spacial score (nSPS) is 10.2. The number of rotatable bonds is 10. The molecule has 0 saturated carbocycles. The van der Waals surface area contributed by atoms with E-state index in [1.54, 1.807) is 62.6 Å². The summed E-state index contributed by atoms with van der Waals surface area (Å²) in [4.78, 5) is 37.5. The molecule has 0 atom stereocenters. The van der Waals surface area contributed by atoms with Crippen LogP contribution in [0.1, 0.15) is 46.9 Å². The third-order valence-corrected chi connectivity index (χ3v) is 4.26. The Hall–Kier alpha value is -3.35. The van der Waals surface area contributed by atoms with Crippen molar-refractivity contribution in [2.45, 2.75) is 26.2 Å². The lowest BCUT2D eigenvalue weighted by Gasteiger charge is -2.11. The van der Waals surface area contributed by atoms with Crippen molar-refractivity contribution in [1.29, 1.82) is 0 Å². The zero-order chi connectivity index (χ0) is 21.9. The second-order valence-corrected chi connectivity index (χ2v) is 6.98. The molecule has 2 rings (SSSR count). The van der Waals surface area contributed by atoms with Gasteiger partial charge in [-0.2, -0.15) is 0 Å². The fraction of sp³-hybridized carbons (Fsp3) is 0.348. The predicted octanol–water partition coefficient (Wildman–Crippen LogP) is 3.75. The zero-order valence-corrected chi connectivity index (χ0v) is 17.6. The van der Waals surface area contributed by atoms with Crippen LogP contribution in [0.4, 0.5) is 5.69 Å². The van der Waals surface area contributed by atoms with E-state index < -0.39 is 18.5 Å². The second-order valence-electron chi connectivity index (χ2n) is 6.98. The molecule has 1 N–H and O–H groups in total. The standard InChI is InChI=1S/C23H28N2O5/c1-4-5-6-15-29-20-13-9-18(10-14-20)23(28)30-16-21(26)24-19-11-7-17(8-12-19)22(27)25(2)3/h7-14H,4-6,15-16H2,1-3H3,(H,24,26). The first-order chi connectivity index (χ1) is 14.4. The summed E-state index contributed by atoms with van der Waals surface area (Å²) in [5.41, 5.74) is 1.37. The van der Waals surface area contributed by atoms with E-state index in [0.29, 0.717) is 29.2 Å². The summed E-state index contributed by atoms with van der Waals surface area (Å²) >= 11 is 0. The Morgan fingerprint density at radius 2 is 1.53 bits per heavy atom. The van der Waals surface area contributed by atoms with Crippen LogP contribution in [0.5, 0.6) is 5.75 Å². The van der Waals surface area contributed by atoms with Gasteiger partial charge in [0.1, 0.15) is 5.75 Å². The molecule has 0 fully saturated rings. The van der Waals surface area contributed by atoms with Crippen molar-refractivity contribution in [2.75, 3.05) is 32.6 Å². The Bertz CT molecular complexity index is 845. The molecule has 0 aliphatic rings. The molecule has 0 radical (unpaired) electrons. The van der Waals surface area contributed by atoms with Crippen LogP contribution in [0, 0.1) is 0 Å². The lowest BCUT2D eigenvalue weighted by molar-refractivity contribution is -0.119. The molecule has 2 amide bonds. The number of unbranched alkanes of at least 4 members (excludes halogenated alkanes) is 2. The smallest absolute Gasteiger partial charge is 0.338 e. The van der Waals surface area contributed by atoms with Crippen LogP contribution < -0.4 is 10.1 Å². The summed E-state index contributed by atoms with van der Waals surface area (Å²) in [6.07, 6.45) is 3.23. The van der Waals surface area contributed by atoms with E-state index in [1.807, 2.05) is 0 Å². The Balaban J connectivity index is 1.78. The van der Waals surface area contributed by atoms with Gasteiger partial charge in [-0.25, -0.2) is 4.79 Å². The number of hydrogen-bond donors (Lipinski definition) is 1. The number of hydrogen-bond acceptors (Lipinski definition) is 5. The quantitative estimate of drug-likeness (QED) is 0.474. The summed E-state index contributed by atoms with van der Waals surface area (Å²) in [7, 11) is 3.33. The second kappa shape index (κ2) is 11.6. The van der Waals surface area contributed by atoms with Crippen molar-refractivity contribution in [3.8, 4) is 5.75 Å². The van der Waals surface area contributed by atoms with E-state index in [-0.39, 0.29) is 5.91 Å². The minimum atomic E-state index is -0.588. The van der Waals surface area contributed by atoms with Gasteiger partial charge in [-0.05, 0) is 55.0 Å². The molecule has 160 valence electrons. The molecule has 0 spiro atoms. The van der Waals surface area contributed by atoms with Crippen molar-refractivity contribution in [2.24, 2.45) is 0 Å². The highest BCUT2D eigenvalue weighted by molar-refractivity contribution is 5.97. The molecule has 2 aromatic rings. The topological polar surface area (TPSA) is 84.9 Å². The molecule has 2 aromatic carbocycles. The highest BCUT2D eigenvalue weighted by Crippen LogP contribution is 2.14. The lowest BCUT2D eigenvalue weighted by atomic mass is 10.2. The zero-order valence-electron chi connectivity index (χ0n) is 17.6. The van der Waals surface area contributed by atoms with Crippen molar-refractivity contribution in [1.82, 2.24) is 4.90 Å². The van der Waals surface area contributed by atoms with Crippen molar-refractivity contribution < 1.29 is 23.9 Å². The molecule has 0 heterocycles. The van der Waals surface area contributed by atoms with Gasteiger partial charge < -0.3 is 19.7 Å². The molecule has 0 aromatic heterocycles. The molecule has 30 heavy (non-hydrogen) atoms. The van der Waals surface area contributed by atoms with E-state index in [1.165, 1.54) is 4.90 Å². The summed E-state index contributed by atoms with van der Waals surface area (Å²) in [5, 5.41) is 2.63. The fourth-order valence-electron chi connectivity index (χ4n) is 2.60. The Labute approximate surface area is 177 Å². The molecule has 0 saturated heterocycles. The molecular formula is C23H28N2O5. The van der Waals surface area contributed by atoms with Crippen LogP contribution in [0.25, 0.3) is 0 Å². The molecular weight excluding hydrogens is 384 g/mol. The van der Waals surface area contributed by atoms with E-state index in [9.17, 15) is 14.4 Å². The molecule has 0 aliphatic heterocycles. The highest BCUT2D eigenvalue weighted by atomic mass is 16.5. The summed E-state index contributed by atoms with van der Waals surface area (Å²) in [6, 6.07) is 13.1. The summed E-state index contributed by atoms with van der Waals surface area (Å²) < 4.78 is 10.7. The molecule has 0 unspecified atom stereocenters. The number of nitrogens with one attached hydrogen (secondary N) is 1. The molecule has 7 nitrogen and oxygen atoms in total. The molecule has 7 heteroatoms. The van der Waals surface area contributed by atoms with Crippen molar-refractivity contribution >= 4 is 23.5 Å². The van der Waals surface area contributed by atoms with Gasteiger partial charge in [-0.3, -0.25) is 9.59 Å². The summed E-state index contributed by atoms with van der Waals surface area (Å²) in [6.45, 7) is 2.36. The number of esters is 1. The first-order valence-electron chi connectivity index (χ1n) is 9.92. The average Bonchev–Trinajstić information content (AvgIpc) is 2.75. The van der Waals surface area contributed by atoms with Gasteiger partial charge in [0.15, 0.2) is 6.61 Å². The van der Waals surface area contributed by atoms with Crippen LogP contribution in [-0.4, -0.2) is 50.0 Å². The molecule has 0 aliphatic carbocycles. The van der Waals surface area contributed by atoms with E-state index in [2.05, 4.69) is 12.2 Å². The average molecular weight is 412 g/mol. The van der Waals surface area contributed by atoms with Gasteiger partial charge in [0.25, 0.3) is 11.8 Å². The van der Waals surface area contributed by atoms with Crippen LogP contribution in [0.3, 0.4) is 0 Å². The van der Waals surface area contributed by atoms with E-state index in [0.717, 1.165) is 19.3 Å². The van der Waals surface area contributed by atoms with Gasteiger partial charge in [0.05, 0.1) is 12.2 Å². The third-order valence-electron chi connectivity index (χ3n) is 4.26.